The number of hydrogen-bond acceptors (Lipinski definition) is 2. The zero-order chi connectivity index (χ0) is 22.0. The lowest BCUT2D eigenvalue weighted by molar-refractivity contribution is -0.385. The fourth-order valence-corrected chi connectivity index (χ4v) is 4.54. The maximum atomic E-state index is 11.4. The molecule has 0 saturated heterocycles. The summed E-state index contributed by atoms with van der Waals surface area (Å²) in [6.45, 7) is 6.44. The lowest BCUT2D eigenvalue weighted by atomic mass is 9.92. The number of rotatable bonds is 3. The monoisotopic (exact) mass is 411 g/mol. The molecule has 3 aromatic rings. The van der Waals surface area contributed by atoms with Crippen LogP contribution in [0.4, 0.5) is 5.69 Å². The summed E-state index contributed by atoms with van der Waals surface area (Å²) in [6.07, 6.45) is 8.95. The van der Waals surface area contributed by atoms with Gasteiger partial charge in [0.25, 0.3) is 5.69 Å². The Morgan fingerprint density at radius 3 is 1.77 bits per heavy atom. The first-order chi connectivity index (χ1) is 14.9. The molecular formula is C28H29NO2. The third-order valence-corrected chi connectivity index (χ3v) is 6.57. The van der Waals surface area contributed by atoms with E-state index in [2.05, 4.69) is 69.3 Å². The maximum Gasteiger partial charge on any atom is 0.269 e. The van der Waals surface area contributed by atoms with E-state index in [1.807, 2.05) is 0 Å². The molecule has 0 aromatic heterocycles. The molecule has 0 aliphatic heterocycles. The normalized spacial score (nSPS) is 13.8. The van der Waals surface area contributed by atoms with Gasteiger partial charge in [-0.05, 0) is 97.4 Å². The number of benzene rings is 3. The van der Waals surface area contributed by atoms with E-state index in [1.54, 1.807) is 12.1 Å². The minimum absolute atomic E-state index is 0.222. The highest BCUT2D eigenvalue weighted by molar-refractivity contribution is 5.70. The zero-order valence-corrected chi connectivity index (χ0v) is 18.6. The third kappa shape index (κ3) is 4.77. The number of nitrogens with zero attached hydrogens (tertiary/aromatic N) is 1. The molecule has 0 spiro atoms. The summed E-state index contributed by atoms with van der Waals surface area (Å²) in [5.41, 5.74) is 11.5. The molecule has 158 valence electrons. The average Bonchev–Trinajstić information content (AvgIpc) is 2.75. The van der Waals surface area contributed by atoms with Crippen LogP contribution in [0.3, 0.4) is 0 Å². The van der Waals surface area contributed by atoms with Crippen LogP contribution in [0.25, 0.3) is 12.2 Å². The van der Waals surface area contributed by atoms with Crippen molar-refractivity contribution in [3.63, 3.8) is 0 Å². The van der Waals surface area contributed by atoms with Crippen LogP contribution in [-0.4, -0.2) is 4.92 Å². The van der Waals surface area contributed by atoms with Gasteiger partial charge in [0.05, 0.1) is 4.92 Å². The molecule has 3 nitrogen and oxygen atoms in total. The van der Waals surface area contributed by atoms with E-state index in [1.165, 1.54) is 38.9 Å². The van der Waals surface area contributed by atoms with Crippen LogP contribution in [0.15, 0.2) is 48.5 Å². The number of hydrogen-bond donors (Lipinski definition) is 0. The van der Waals surface area contributed by atoms with Crippen LogP contribution in [-0.2, 0) is 25.7 Å². The molecule has 3 heteroatoms. The Morgan fingerprint density at radius 2 is 1.19 bits per heavy atom. The van der Waals surface area contributed by atoms with Crippen molar-refractivity contribution in [3.05, 3.63) is 109 Å². The molecule has 0 saturated carbocycles. The van der Waals surface area contributed by atoms with Crippen molar-refractivity contribution < 1.29 is 4.92 Å². The van der Waals surface area contributed by atoms with Gasteiger partial charge in [-0.1, -0.05) is 54.1 Å². The predicted molar refractivity (Wildman–Crippen MR) is 129 cm³/mol. The average molecular weight is 412 g/mol. The number of fused-ring (bicyclic) bond motifs is 4. The van der Waals surface area contributed by atoms with Gasteiger partial charge < -0.3 is 0 Å². The summed E-state index contributed by atoms with van der Waals surface area (Å²) in [5.74, 6) is 0. The molecule has 1 aliphatic carbocycles. The van der Waals surface area contributed by atoms with Gasteiger partial charge in [0.1, 0.15) is 0 Å². The van der Waals surface area contributed by atoms with E-state index in [-0.39, 0.29) is 10.6 Å². The highest BCUT2D eigenvalue weighted by Crippen LogP contribution is 2.29. The highest BCUT2D eigenvalue weighted by Gasteiger charge is 2.16. The predicted octanol–water partition coefficient (Wildman–Crippen LogP) is 6.96. The molecule has 0 N–H and O–H groups in total. The molecule has 4 rings (SSSR count). The topological polar surface area (TPSA) is 43.1 Å². The van der Waals surface area contributed by atoms with Gasteiger partial charge >= 0.3 is 0 Å². The highest BCUT2D eigenvalue weighted by atomic mass is 16.6. The Hall–Kier alpha value is -3.20. The van der Waals surface area contributed by atoms with E-state index in [9.17, 15) is 10.1 Å². The molecule has 0 fully saturated rings. The van der Waals surface area contributed by atoms with Crippen molar-refractivity contribution in [1.29, 1.82) is 0 Å². The summed E-state index contributed by atoms with van der Waals surface area (Å²) in [4.78, 5) is 11.2. The lowest BCUT2D eigenvalue weighted by Crippen LogP contribution is -2.02. The third-order valence-electron chi connectivity index (χ3n) is 6.57. The summed E-state index contributed by atoms with van der Waals surface area (Å²) in [6, 6.07) is 16.7. The molecule has 3 aromatic carbocycles. The van der Waals surface area contributed by atoms with Gasteiger partial charge in [-0.2, -0.15) is 0 Å². The molecule has 0 amide bonds. The largest absolute Gasteiger partial charge is 0.269 e. The van der Waals surface area contributed by atoms with Crippen LogP contribution in [0.2, 0.25) is 0 Å². The van der Waals surface area contributed by atoms with E-state index in [4.69, 9.17) is 0 Å². The van der Waals surface area contributed by atoms with E-state index in [0.717, 1.165) is 43.2 Å². The fraction of sp³-hybridized carbons (Fsp3) is 0.286. The summed E-state index contributed by atoms with van der Waals surface area (Å²) in [5, 5.41) is 11.4. The van der Waals surface area contributed by atoms with Gasteiger partial charge in [0, 0.05) is 12.1 Å². The van der Waals surface area contributed by atoms with Gasteiger partial charge in [-0.15, -0.1) is 0 Å². The maximum absolute atomic E-state index is 11.4. The minimum atomic E-state index is -0.259. The van der Waals surface area contributed by atoms with E-state index < -0.39 is 0 Å². The van der Waals surface area contributed by atoms with Crippen molar-refractivity contribution in [2.75, 3.05) is 0 Å². The Labute approximate surface area is 184 Å². The first-order valence-electron chi connectivity index (χ1n) is 11.0. The quantitative estimate of drug-likeness (QED) is 0.265. The Kier molecular flexibility index (Phi) is 6.03. The van der Waals surface area contributed by atoms with Crippen LogP contribution in [0.1, 0.15) is 56.5 Å². The smallest absolute Gasteiger partial charge is 0.258 e. The van der Waals surface area contributed by atoms with Gasteiger partial charge in [-0.3, -0.25) is 10.1 Å². The number of nitro groups is 1. The van der Waals surface area contributed by atoms with Crippen molar-refractivity contribution in [2.24, 2.45) is 0 Å². The van der Waals surface area contributed by atoms with Crippen LogP contribution < -0.4 is 0 Å². The summed E-state index contributed by atoms with van der Waals surface area (Å²) >= 11 is 0. The first kappa shape index (κ1) is 21.0. The molecule has 0 atom stereocenters. The molecule has 31 heavy (non-hydrogen) atoms. The number of non-ortho nitro benzene ring substituents is 1. The molecule has 0 heterocycles. The second-order valence-electron chi connectivity index (χ2n) is 8.71. The van der Waals surface area contributed by atoms with Crippen molar-refractivity contribution >= 4 is 17.8 Å². The summed E-state index contributed by atoms with van der Waals surface area (Å²) < 4.78 is 0. The minimum Gasteiger partial charge on any atom is -0.258 e. The first-order valence-corrected chi connectivity index (χ1v) is 11.0. The molecule has 0 unspecified atom stereocenters. The second-order valence-corrected chi connectivity index (χ2v) is 8.71. The Bertz CT molecular complexity index is 1160. The SMILES string of the molecule is Cc1ccc(/C=C\c2cc3c(C)c(c2)CCc2cc([N+](=O)[O-])cc(c2C)CCC3)cc1. The lowest BCUT2D eigenvalue weighted by Gasteiger charge is -2.13. The summed E-state index contributed by atoms with van der Waals surface area (Å²) in [7, 11) is 0. The Morgan fingerprint density at radius 1 is 0.710 bits per heavy atom. The van der Waals surface area contributed by atoms with Crippen LogP contribution in [0.5, 0.6) is 0 Å². The van der Waals surface area contributed by atoms with Gasteiger partial charge in [0.2, 0.25) is 0 Å². The van der Waals surface area contributed by atoms with Crippen molar-refractivity contribution in [3.8, 4) is 0 Å². The van der Waals surface area contributed by atoms with Crippen LogP contribution >= 0.6 is 0 Å². The van der Waals surface area contributed by atoms with Crippen molar-refractivity contribution in [2.45, 2.75) is 52.9 Å². The second kappa shape index (κ2) is 8.89. The van der Waals surface area contributed by atoms with E-state index >= 15 is 0 Å². The van der Waals surface area contributed by atoms with Gasteiger partial charge in [-0.25, -0.2) is 0 Å². The zero-order valence-electron chi connectivity index (χ0n) is 18.6. The van der Waals surface area contributed by atoms with Crippen molar-refractivity contribution in [1.82, 2.24) is 0 Å². The molecule has 1 aliphatic rings. The molecule has 0 radical (unpaired) electrons. The van der Waals surface area contributed by atoms with E-state index in [0.29, 0.717) is 0 Å². The molecule has 4 bridgehead atoms. The fourth-order valence-electron chi connectivity index (χ4n) is 4.54. The number of nitro benzene ring substituents is 1. The standard InChI is InChI=1S/C28H29NO2/c1-19-7-9-22(10-8-19)11-12-23-15-24-5-4-6-25-17-28(29(30)31)18-27(21(25)3)14-13-26(16-23)20(24)2/h7-12,15-18H,4-6,13-14H2,1-3H3/b12-11-. The van der Waals surface area contributed by atoms with Crippen LogP contribution in [0, 0.1) is 30.9 Å². The van der Waals surface area contributed by atoms with Gasteiger partial charge in [0.15, 0.2) is 0 Å². The molecular weight excluding hydrogens is 382 g/mol. The Balaban J connectivity index is 1.68. The number of aryl methyl sites for hydroxylation is 5.